The lowest BCUT2D eigenvalue weighted by molar-refractivity contribution is 0.0949. The number of nitrogens with one attached hydrogen (secondary N) is 1. The van der Waals surface area contributed by atoms with Gasteiger partial charge in [0.15, 0.2) is 0 Å². The fourth-order valence-electron chi connectivity index (χ4n) is 1.26. The van der Waals surface area contributed by atoms with Gasteiger partial charge in [0.25, 0.3) is 11.5 Å². The molecule has 1 aromatic rings. The zero-order chi connectivity index (χ0) is 12.8. The topological polar surface area (TPSA) is 64.0 Å². The van der Waals surface area contributed by atoms with Gasteiger partial charge in [0, 0.05) is 19.2 Å². The van der Waals surface area contributed by atoms with Gasteiger partial charge in [-0.05, 0) is 19.4 Å². The molecule has 5 heteroatoms. The number of hydrogen-bond acceptors (Lipinski definition) is 3. The van der Waals surface area contributed by atoms with Crippen LogP contribution < -0.4 is 10.9 Å². The maximum Gasteiger partial charge on any atom is 0.271 e. The van der Waals surface area contributed by atoms with Gasteiger partial charge in [0.1, 0.15) is 5.69 Å². The van der Waals surface area contributed by atoms with Crippen molar-refractivity contribution >= 4 is 5.91 Å². The lowest BCUT2D eigenvalue weighted by Gasteiger charge is -2.06. The van der Waals surface area contributed by atoms with Crippen molar-refractivity contribution in [3.63, 3.8) is 0 Å². The van der Waals surface area contributed by atoms with Crippen LogP contribution in [-0.4, -0.2) is 22.2 Å². The molecule has 17 heavy (non-hydrogen) atoms. The van der Waals surface area contributed by atoms with Crippen LogP contribution in [-0.2, 0) is 6.54 Å². The van der Waals surface area contributed by atoms with Gasteiger partial charge >= 0.3 is 0 Å². The number of aromatic nitrogens is 2. The average Bonchev–Trinajstić information content (AvgIpc) is 2.29. The third-order valence-corrected chi connectivity index (χ3v) is 2.09. The first kappa shape index (κ1) is 13.2. The fraction of sp³-hybridized carbons (Fsp3) is 0.417. The van der Waals surface area contributed by atoms with Crippen LogP contribution in [0.5, 0.6) is 0 Å². The molecule has 1 amide bonds. The highest BCUT2D eigenvalue weighted by Crippen LogP contribution is 1.93. The summed E-state index contributed by atoms with van der Waals surface area (Å²) in [5, 5.41) is 6.67. The number of aryl methyl sites for hydroxylation is 1. The van der Waals surface area contributed by atoms with Crippen LogP contribution in [0, 0.1) is 0 Å². The molecule has 0 unspecified atom stereocenters. The first-order chi connectivity index (χ1) is 8.04. The predicted molar refractivity (Wildman–Crippen MR) is 65.9 cm³/mol. The zero-order valence-electron chi connectivity index (χ0n) is 10.2. The second-order valence-corrected chi connectivity index (χ2v) is 3.92. The van der Waals surface area contributed by atoms with Crippen LogP contribution in [0.1, 0.15) is 30.8 Å². The van der Waals surface area contributed by atoms with Crippen LogP contribution in [0.2, 0.25) is 0 Å². The highest BCUT2D eigenvalue weighted by atomic mass is 16.2. The van der Waals surface area contributed by atoms with E-state index in [2.05, 4.69) is 17.0 Å². The van der Waals surface area contributed by atoms with E-state index in [-0.39, 0.29) is 17.2 Å². The molecule has 0 aliphatic carbocycles. The molecular formula is C12H17N3O2. The molecule has 1 N–H and O–H groups in total. The average molecular weight is 235 g/mol. The fourth-order valence-corrected chi connectivity index (χ4v) is 1.26. The van der Waals surface area contributed by atoms with E-state index in [1.807, 2.05) is 13.8 Å². The Bertz CT molecular complexity index is 477. The van der Waals surface area contributed by atoms with E-state index in [9.17, 15) is 9.59 Å². The van der Waals surface area contributed by atoms with Gasteiger partial charge in [-0.2, -0.15) is 5.10 Å². The number of rotatable bonds is 5. The minimum Gasteiger partial charge on any atom is -0.347 e. The molecule has 1 rings (SSSR count). The molecule has 5 nitrogen and oxygen atoms in total. The van der Waals surface area contributed by atoms with Crippen LogP contribution in [0.15, 0.2) is 29.1 Å². The minimum atomic E-state index is -0.294. The van der Waals surface area contributed by atoms with Crippen molar-refractivity contribution < 1.29 is 4.79 Å². The van der Waals surface area contributed by atoms with Crippen LogP contribution in [0.25, 0.3) is 0 Å². The lowest BCUT2D eigenvalue weighted by atomic mass is 10.3. The summed E-state index contributed by atoms with van der Waals surface area (Å²) in [6.45, 7) is 8.39. The number of hydrogen-bond donors (Lipinski definition) is 1. The maximum atomic E-state index is 11.7. The summed E-state index contributed by atoms with van der Waals surface area (Å²) in [4.78, 5) is 23.1. The quantitative estimate of drug-likeness (QED) is 0.773. The van der Waals surface area contributed by atoms with E-state index in [1.54, 1.807) is 0 Å². The van der Waals surface area contributed by atoms with Crippen LogP contribution in [0.3, 0.4) is 0 Å². The maximum absolute atomic E-state index is 11.7. The van der Waals surface area contributed by atoms with Gasteiger partial charge in [0.05, 0.1) is 0 Å². The summed E-state index contributed by atoms with van der Waals surface area (Å²) in [5.41, 5.74) is 0.919. The Balaban J connectivity index is 2.84. The summed E-state index contributed by atoms with van der Waals surface area (Å²) >= 11 is 0. The largest absolute Gasteiger partial charge is 0.347 e. The summed E-state index contributed by atoms with van der Waals surface area (Å²) in [7, 11) is 0. The van der Waals surface area contributed by atoms with Crippen molar-refractivity contribution in [1.82, 2.24) is 15.1 Å². The molecule has 0 aromatic carbocycles. The molecule has 92 valence electrons. The molecule has 1 heterocycles. The molecule has 1 aromatic heterocycles. The Morgan fingerprint density at radius 3 is 2.82 bits per heavy atom. The molecule has 0 bridgehead atoms. The SMILES string of the molecule is C=C(C)CNC(=O)c1ccc(=O)n(CCC)n1. The lowest BCUT2D eigenvalue weighted by Crippen LogP contribution is -2.30. The molecular weight excluding hydrogens is 218 g/mol. The molecule has 0 aliphatic heterocycles. The normalized spacial score (nSPS) is 10.0. The molecule has 0 aliphatic rings. The van der Waals surface area contributed by atoms with E-state index in [0.29, 0.717) is 13.1 Å². The van der Waals surface area contributed by atoms with Gasteiger partial charge in [-0.1, -0.05) is 19.1 Å². The summed E-state index contributed by atoms with van der Waals surface area (Å²) in [5.74, 6) is -0.294. The van der Waals surface area contributed by atoms with Crippen LogP contribution >= 0.6 is 0 Å². The van der Waals surface area contributed by atoms with Crippen molar-refractivity contribution in [2.45, 2.75) is 26.8 Å². The predicted octanol–water partition coefficient (Wildman–Crippen LogP) is 0.959. The number of carbonyl (C=O) groups excluding carboxylic acids is 1. The van der Waals surface area contributed by atoms with Crippen LogP contribution in [0.4, 0.5) is 0 Å². The highest BCUT2D eigenvalue weighted by Gasteiger charge is 2.08. The van der Waals surface area contributed by atoms with E-state index >= 15 is 0 Å². The molecule has 0 saturated carbocycles. The Morgan fingerprint density at radius 1 is 1.53 bits per heavy atom. The molecule has 0 radical (unpaired) electrons. The molecule has 0 spiro atoms. The van der Waals surface area contributed by atoms with E-state index in [4.69, 9.17) is 0 Å². The van der Waals surface area contributed by atoms with Gasteiger partial charge in [0.2, 0.25) is 0 Å². The summed E-state index contributed by atoms with van der Waals surface area (Å²) in [6.07, 6.45) is 0.795. The molecule has 0 fully saturated rings. The van der Waals surface area contributed by atoms with E-state index < -0.39 is 0 Å². The van der Waals surface area contributed by atoms with Gasteiger partial charge in [-0.15, -0.1) is 0 Å². The second-order valence-electron chi connectivity index (χ2n) is 3.92. The molecule has 0 atom stereocenters. The van der Waals surface area contributed by atoms with Crippen molar-refractivity contribution in [2.24, 2.45) is 0 Å². The standard InChI is InChI=1S/C12H17N3O2/c1-4-7-15-11(16)6-5-10(14-15)12(17)13-8-9(2)3/h5-6H,2,4,7-8H2,1,3H3,(H,13,17). The smallest absolute Gasteiger partial charge is 0.271 e. The minimum absolute atomic E-state index is 0.191. The Hall–Kier alpha value is -1.91. The van der Waals surface area contributed by atoms with Crippen molar-refractivity contribution in [1.29, 1.82) is 0 Å². The third-order valence-electron chi connectivity index (χ3n) is 2.09. The van der Waals surface area contributed by atoms with Crippen molar-refractivity contribution in [3.8, 4) is 0 Å². The monoisotopic (exact) mass is 235 g/mol. The van der Waals surface area contributed by atoms with Gasteiger partial charge in [-0.25, -0.2) is 4.68 Å². The highest BCUT2D eigenvalue weighted by molar-refractivity contribution is 5.92. The zero-order valence-corrected chi connectivity index (χ0v) is 10.2. The Kier molecular flexibility index (Phi) is 4.63. The Morgan fingerprint density at radius 2 is 2.24 bits per heavy atom. The summed E-state index contributed by atoms with van der Waals surface area (Å²) < 4.78 is 1.30. The number of nitrogens with zero attached hydrogens (tertiary/aromatic N) is 2. The van der Waals surface area contributed by atoms with Gasteiger partial charge < -0.3 is 5.32 Å². The second kappa shape index (κ2) is 5.98. The van der Waals surface area contributed by atoms with Gasteiger partial charge in [-0.3, -0.25) is 9.59 Å². The number of amides is 1. The third kappa shape index (κ3) is 3.86. The van der Waals surface area contributed by atoms with E-state index in [1.165, 1.54) is 16.8 Å². The summed E-state index contributed by atoms with van der Waals surface area (Å²) in [6, 6.07) is 2.79. The molecule has 0 saturated heterocycles. The Labute approximate surface area is 100 Å². The van der Waals surface area contributed by atoms with E-state index in [0.717, 1.165) is 12.0 Å². The first-order valence-electron chi connectivity index (χ1n) is 5.55. The van der Waals surface area contributed by atoms with Crippen molar-refractivity contribution in [2.75, 3.05) is 6.54 Å². The first-order valence-corrected chi connectivity index (χ1v) is 5.55. The van der Waals surface area contributed by atoms with Crippen molar-refractivity contribution in [3.05, 3.63) is 40.3 Å². The number of carbonyl (C=O) groups is 1.